The molecule has 0 unspecified atom stereocenters. The fourth-order valence-corrected chi connectivity index (χ4v) is 1.01. The van der Waals surface area contributed by atoms with Gasteiger partial charge < -0.3 is 5.11 Å². The van der Waals surface area contributed by atoms with E-state index in [4.69, 9.17) is 5.11 Å². The Kier molecular flexibility index (Phi) is 2.13. The summed E-state index contributed by atoms with van der Waals surface area (Å²) in [5.41, 5.74) is 0.169. The van der Waals surface area contributed by atoms with E-state index in [1.807, 2.05) is 0 Å². The van der Waals surface area contributed by atoms with Gasteiger partial charge in [0, 0.05) is 11.6 Å². The van der Waals surface area contributed by atoms with Crippen LogP contribution in [0.4, 0.5) is 8.78 Å². The smallest absolute Gasteiger partial charge is 0.168 e. The van der Waals surface area contributed by atoms with Crippen molar-refractivity contribution in [1.82, 2.24) is 0 Å². The molecule has 0 aliphatic heterocycles. The normalized spacial score (nSPS) is 10.2. The number of benzene rings is 1. The summed E-state index contributed by atoms with van der Waals surface area (Å²) in [6.45, 7) is 1.42. The van der Waals surface area contributed by atoms with Crippen LogP contribution in [0, 0.1) is 18.6 Å². The Morgan fingerprint density at radius 2 is 1.91 bits per heavy atom. The molecular formula is C7H5BrF2O. The highest BCUT2D eigenvalue weighted by atomic mass is 79.9. The molecule has 0 bridgehead atoms. The van der Waals surface area contributed by atoms with Crippen LogP contribution in [0.5, 0.6) is 5.75 Å². The molecule has 0 aliphatic carbocycles. The Hall–Kier alpha value is -0.640. The van der Waals surface area contributed by atoms with Crippen molar-refractivity contribution in [2.45, 2.75) is 6.92 Å². The Balaban J connectivity index is 3.46. The molecule has 1 aromatic rings. The van der Waals surface area contributed by atoms with Crippen LogP contribution >= 0.6 is 15.9 Å². The zero-order valence-corrected chi connectivity index (χ0v) is 7.24. The van der Waals surface area contributed by atoms with Gasteiger partial charge >= 0.3 is 0 Å². The summed E-state index contributed by atoms with van der Waals surface area (Å²) < 4.78 is 25.2. The Labute approximate surface area is 70.8 Å². The van der Waals surface area contributed by atoms with Gasteiger partial charge in [-0.2, -0.15) is 0 Å². The zero-order chi connectivity index (χ0) is 8.59. The first kappa shape index (κ1) is 8.46. The predicted molar refractivity (Wildman–Crippen MR) is 40.5 cm³/mol. The van der Waals surface area contributed by atoms with E-state index in [0.717, 1.165) is 0 Å². The fourth-order valence-electron chi connectivity index (χ4n) is 0.705. The first-order valence-electron chi connectivity index (χ1n) is 2.87. The van der Waals surface area contributed by atoms with Crippen LogP contribution in [0.3, 0.4) is 0 Å². The molecule has 11 heavy (non-hydrogen) atoms. The van der Waals surface area contributed by atoms with Crippen molar-refractivity contribution in [3.8, 4) is 5.75 Å². The van der Waals surface area contributed by atoms with Crippen molar-refractivity contribution in [3.05, 3.63) is 27.7 Å². The van der Waals surface area contributed by atoms with E-state index in [1.165, 1.54) is 6.92 Å². The topological polar surface area (TPSA) is 20.2 Å². The van der Waals surface area contributed by atoms with Crippen molar-refractivity contribution >= 4 is 15.9 Å². The molecule has 0 aromatic heterocycles. The lowest BCUT2D eigenvalue weighted by atomic mass is 10.2. The first-order valence-corrected chi connectivity index (χ1v) is 3.66. The minimum Gasteiger partial charge on any atom is -0.505 e. The number of phenolic OH excluding ortho intramolecular Hbond substituents is 1. The number of halogens is 3. The van der Waals surface area contributed by atoms with E-state index in [-0.39, 0.29) is 10.0 Å². The van der Waals surface area contributed by atoms with E-state index in [0.29, 0.717) is 6.07 Å². The van der Waals surface area contributed by atoms with Crippen molar-refractivity contribution in [2.24, 2.45) is 0 Å². The van der Waals surface area contributed by atoms with E-state index >= 15 is 0 Å². The van der Waals surface area contributed by atoms with Crippen LogP contribution in [-0.2, 0) is 0 Å². The number of rotatable bonds is 0. The summed E-state index contributed by atoms with van der Waals surface area (Å²) in [7, 11) is 0. The maximum Gasteiger partial charge on any atom is 0.168 e. The van der Waals surface area contributed by atoms with Crippen LogP contribution in [0.25, 0.3) is 0 Å². The van der Waals surface area contributed by atoms with Crippen molar-refractivity contribution in [1.29, 1.82) is 0 Å². The standard InChI is InChI=1S/C7H5BrF2O/c1-3-6(8)4(9)2-5(10)7(3)11/h2,11H,1H3. The lowest BCUT2D eigenvalue weighted by Gasteiger charge is -2.02. The van der Waals surface area contributed by atoms with Crippen molar-refractivity contribution in [2.75, 3.05) is 0 Å². The maximum absolute atomic E-state index is 12.6. The minimum atomic E-state index is -0.941. The third-order valence-corrected chi connectivity index (χ3v) is 2.35. The highest BCUT2D eigenvalue weighted by Crippen LogP contribution is 2.29. The summed E-state index contributed by atoms with van der Waals surface area (Å²) >= 11 is 2.86. The molecule has 1 N–H and O–H groups in total. The molecule has 1 nitrogen and oxygen atoms in total. The van der Waals surface area contributed by atoms with Gasteiger partial charge in [0.15, 0.2) is 11.6 Å². The average Bonchev–Trinajstić information content (AvgIpc) is 1.97. The molecule has 4 heteroatoms. The van der Waals surface area contributed by atoms with Gasteiger partial charge in [0.2, 0.25) is 0 Å². The largest absolute Gasteiger partial charge is 0.505 e. The Morgan fingerprint density at radius 3 is 2.45 bits per heavy atom. The van der Waals surface area contributed by atoms with Crippen LogP contribution in [0.15, 0.2) is 10.5 Å². The first-order chi connectivity index (χ1) is 5.04. The van der Waals surface area contributed by atoms with Gasteiger partial charge in [-0.3, -0.25) is 0 Å². The second-order valence-corrected chi connectivity index (χ2v) is 2.92. The second kappa shape index (κ2) is 2.77. The summed E-state index contributed by atoms with van der Waals surface area (Å²) in [4.78, 5) is 0. The lowest BCUT2D eigenvalue weighted by Crippen LogP contribution is -1.87. The molecule has 60 valence electrons. The number of phenols is 1. The summed E-state index contributed by atoms with van der Waals surface area (Å²) in [6, 6.07) is 0.631. The molecule has 0 saturated heterocycles. The molecular weight excluding hydrogens is 218 g/mol. The van der Waals surface area contributed by atoms with Gasteiger partial charge in [-0.1, -0.05) is 0 Å². The molecule has 0 aliphatic rings. The molecule has 1 aromatic carbocycles. The molecule has 0 atom stereocenters. The average molecular weight is 223 g/mol. The molecule has 0 fully saturated rings. The van der Waals surface area contributed by atoms with Crippen LogP contribution in [-0.4, -0.2) is 5.11 Å². The number of hydrogen-bond acceptors (Lipinski definition) is 1. The SMILES string of the molecule is Cc1c(O)c(F)cc(F)c1Br. The summed E-state index contributed by atoms with van der Waals surface area (Å²) in [5.74, 6) is -2.17. The predicted octanol–water partition coefficient (Wildman–Crippen LogP) is 2.74. The highest BCUT2D eigenvalue weighted by molar-refractivity contribution is 9.10. The van der Waals surface area contributed by atoms with Crippen molar-refractivity contribution in [3.63, 3.8) is 0 Å². The molecule has 0 saturated carbocycles. The molecule has 0 radical (unpaired) electrons. The van der Waals surface area contributed by atoms with Gasteiger partial charge in [-0.25, -0.2) is 8.78 Å². The fraction of sp³-hybridized carbons (Fsp3) is 0.143. The summed E-state index contributed by atoms with van der Waals surface area (Å²) in [6.07, 6.45) is 0. The second-order valence-electron chi connectivity index (χ2n) is 2.13. The lowest BCUT2D eigenvalue weighted by molar-refractivity contribution is 0.422. The van der Waals surface area contributed by atoms with Gasteiger partial charge in [0.05, 0.1) is 4.47 Å². The van der Waals surface area contributed by atoms with E-state index < -0.39 is 17.4 Å². The third kappa shape index (κ3) is 1.35. The van der Waals surface area contributed by atoms with Crippen LogP contribution < -0.4 is 0 Å². The Bertz CT molecular complexity index is 273. The van der Waals surface area contributed by atoms with Crippen LogP contribution in [0.1, 0.15) is 5.56 Å². The van der Waals surface area contributed by atoms with Gasteiger partial charge in [-0.05, 0) is 22.9 Å². The zero-order valence-electron chi connectivity index (χ0n) is 5.66. The van der Waals surface area contributed by atoms with Gasteiger partial charge in [0.1, 0.15) is 5.82 Å². The van der Waals surface area contributed by atoms with E-state index in [9.17, 15) is 8.78 Å². The Morgan fingerprint density at radius 1 is 1.36 bits per heavy atom. The molecule has 0 heterocycles. The highest BCUT2D eigenvalue weighted by Gasteiger charge is 2.11. The molecule has 0 spiro atoms. The summed E-state index contributed by atoms with van der Waals surface area (Å²) in [5, 5.41) is 8.94. The van der Waals surface area contributed by atoms with Crippen molar-refractivity contribution < 1.29 is 13.9 Å². The van der Waals surface area contributed by atoms with Gasteiger partial charge in [-0.15, -0.1) is 0 Å². The number of hydrogen-bond donors (Lipinski definition) is 1. The molecule has 1 rings (SSSR count). The van der Waals surface area contributed by atoms with Crippen LogP contribution in [0.2, 0.25) is 0 Å². The van der Waals surface area contributed by atoms with E-state index in [1.54, 1.807) is 0 Å². The van der Waals surface area contributed by atoms with Gasteiger partial charge in [0.25, 0.3) is 0 Å². The number of aromatic hydroxyl groups is 1. The molecule has 0 amide bonds. The van der Waals surface area contributed by atoms with E-state index in [2.05, 4.69) is 15.9 Å². The monoisotopic (exact) mass is 222 g/mol. The maximum atomic E-state index is 12.6. The third-order valence-electron chi connectivity index (χ3n) is 1.37. The minimum absolute atomic E-state index is 0.0939. The quantitative estimate of drug-likeness (QED) is 0.670.